The molecule has 0 unspecified atom stereocenters. The van der Waals surface area contributed by atoms with Crippen LogP contribution in [0, 0.1) is 5.92 Å². The number of alkyl carbamates (subject to hydrolysis) is 1. The van der Waals surface area contributed by atoms with E-state index in [1.165, 1.54) is 20.8 Å². The summed E-state index contributed by atoms with van der Waals surface area (Å²) in [6.07, 6.45) is -0.760. The van der Waals surface area contributed by atoms with Gasteiger partial charge in [-0.2, -0.15) is 0 Å². The minimum atomic E-state index is -1.40. The zero-order valence-corrected chi connectivity index (χ0v) is 20.5. The van der Waals surface area contributed by atoms with E-state index in [0.29, 0.717) is 0 Å². The van der Waals surface area contributed by atoms with Gasteiger partial charge in [0.15, 0.2) is 5.12 Å². The van der Waals surface area contributed by atoms with Gasteiger partial charge in [0, 0.05) is 6.92 Å². The predicted octanol–water partition coefficient (Wildman–Crippen LogP) is 1.37. The van der Waals surface area contributed by atoms with Crippen molar-refractivity contribution in [2.24, 2.45) is 5.92 Å². The molecule has 0 rings (SSSR count). The lowest BCUT2D eigenvalue weighted by atomic mass is 10.0. The summed E-state index contributed by atoms with van der Waals surface area (Å²) in [5.41, 5.74) is -2.13. The molecule has 10 nitrogen and oxygen atoms in total. The highest BCUT2D eigenvalue weighted by Gasteiger charge is 2.36. The number of amides is 3. The Kier molecular flexibility index (Phi) is 11.0. The molecule has 0 aromatic rings. The molecule has 31 heavy (non-hydrogen) atoms. The van der Waals surface area contributed by atoms with Gasteiger partial charge in [-0.3, -0.25) is 14.4 Å². The quantitative estimate of drug-likeness (QED) is 0.437. The van der Waals surface area contributed by atoms with E-state index >= 15 is 0 Å². The summed E-state index contributed by atoms with van der Waals surface area (Å²) in [4.78, 5) is 60.7. The van der Waals surface area contributed by atoms with E-state index in [4.69, 9.17) is 4.74 Å². The highest BCUT2D eigenvalue weighted by Crippen LogP contribution is 2.21. The van der Waals surface area contributed by atoms with Crippen molar-refractivity contribution in [3.63, 3.8) is 0 Å². The molecule has 0 aromatic heterocycles. The third-order valence-corrected chi connectivity index (χ3v) is 5.14. The molecule has 0 aromatic carbocycles. The molecule has 0 aliphatic carbocycles. The number of carbonyl (C=O) groups is 5. The maximum atomic E-state index is 12.8. The molecule has 3 amide bonds. The van der Waals surface area contributed by atoms with E-state index < -0.39 is 46.3 Å². The molecule has 2 atom stereocenters. The zero-order valence-electron chi connectivity index (χ0n) is 19.7. The molecule has 0 aliphatic heterocycles. The second-order valence-electron chi connectivity index (χ2n) is 8.82. The van der Waals surface area contributed by atoms with Crippen molar-refractivity contribution in [3.05, 3.63) is 0 Å². The fourth-order valence-electron chi connectivity index (χ4n) is 2.28. The fraction of sp³-hybridized carbons (Fsp3) is 0.750. The van der Waals surface area contributed by atoms with E-state index in [1.807, 2.05) is 0 Å². The summed E-state index contributed by atoms with van der Waals surface area (Å²) in [5.74, 6) is -2.07. The van der Waals surface area contributed by atoms with Crippen LogP contribution < -0.4 is 16.0 Å². The van der Waals surface area contributed by atoms with Crippen LogP contribution in [0.5, 0.6) is 0 Å². The van der Waals surface area contributed by atoms with Crippen LogP contribution in [0.3, 0.4) is 0 Å². The molecule has 11 heteroatoms. The lowest BCUT2D eigenvalue weighted by molar-refractivity contribution is -0.145. The normalized spacial score (nSPS) is 13.6. The first-order chi connectivity index (χ1) is 14.0. The van der Waals surface area contributed by atoms with Gasteiger partial charge in [0.25, 0.3) is 0 Å². The number of methoxy groups -OCH3 is 1. The fourth-order valence-corrected chi connectivity index (χ4v) is 3.08. The first-order valence-corrected chi connectivity index (χ1v) is 10.7. The van der Waals surface area contributed by atoms with Gasteiger partial charge in [-0.25, -0.2) is 9.59 Å². The molecular weight excluding hydrogens is 426 g/mol. The number of rotatable bonds is 9. The van der Waals surface area contributed by atoms with Gasteiger partial charge >= 0.3 is 12.1 Å². The Morgan fingerprint density at radius 1 is 1.00 bits per heavy atom. The smallest absolute Gasteiger partial charge is 0.407 e. The van der Waals surface area contributed by atoms with Crippen LogP contribution in [0.1, 0.15) is 55.4 Å². The summed E-state index contributed by atoms with van der Waals surface area (Å²) in [6.45, 7) is 12.7. The molecule has 0 heterocycles. The molecule has 178 valence electrons. The molecule has 3 N–H and O–H groups in total. The minimum absolute atomic E-state index is 0.145. The van der Waals surface area contributed by atoms with Gasteiger partial charge in [-0.15, -0.1) is 0 Å². The first-order valence-electron chi connectivity index (χ1n) is 9.85. The Balaban J connectivity index is 5.21. The lowest BCUT2D eigenvalue weighted by Crippen LogP contribution is -2.61. The van der Waals surface area contributed by atoms with Crippen molar-refractivity contribution in [2.45, 2.75) is 77.8 Å². The van der Waals surface area contributed by atoms with E-state index in [1.54, 1.807) is 34.6 Å². The van der Waals surface area contributed by atoms with Crippen LogP contribution in [0.25, 0.3) is 0 Å². The second kappa shape index (κ2) is 11.9. The Labute approximate surface area is 187 Å². The van der Waals surface area contributed by atoms with Crippen molar-refractivity contribution in [3.8, 4) is 0 Å². The summed E-state index contributed by atoms with van der Waals surface area (Å²) >= 11 is 0.888. The number of nitrogens with one attached hydrogen (secondary N) is 3. The average Bonchev–Trinajstić information content (AvgIpc) is 2.59. The number of hydrogen-bond donors (Lipinski definition) is 3. The number of ether oxygens (including phenoxy) is 2. The van der Waals surface area contributed by atoms with Crippen LogP contribution in [-0.2, 0) is 28.7 Å². The molecule has 0 radical (unpaired) electrons. The largest absolute Gasteiger partial charge is 0.467 e. The van der Waals surface area contributed by atoms with Gasteiger partial charge in [0.1, 0.15) is 17.2 Å². The molecule has 0 bridgehead atoms. The molecular formula is C20H35N3O7S. The van der Waals surface area contributed by atoms with Crippen molar-refractivity contribution in [1.82, 2.24) is 16.0 Å². The van der Waals surface area contributed by atoms with E-state index in [0.717, 1.165) is 18.9 Å². The monoisotopic (exact) mass is 461 g/mol. The third kappa shape index (κ3) is 11.0. The van der Waals surface area contributed by atoms with E-state index in [-0.39, 0.29) is 17.6 Å². The number of thioether (sulfide) groups is 1. The summed E-state index contributed by atoms with van der Waals surface area (Å²) in [7, 11) is 1.15. The van der Waals surface area contributed by atoms with Gasteiger partial charge in [-0.05, 0) is 40.5 Å². The zero-order chi connectivity index (χ0) is 24.6. The highest BCUT2D eigenvalue weighted by molar-refractivity contribution is 8.14. The molecule has 0 aliphatic rings. The van der Waals surface area contributed by atoms with Crippen LogP contribution in [0.4, 0.5) is 4.79 Å². The maximum Gasteiger partial charge on any atom is 0.407 e. The Bertz CT molecular complexity index is 687. The standard InChI is InChI=1S/C20H35N3O7S/c1-11(2)14(31-12(3)24)15(25)23-20(7,8)17(27)22-13(16(26)29-9)10-21-18(28)30-19(4,5)6/h11,13-14H,10H2,1-9H3,(H,21,28)(H,22,27)(H,23,25)/t13-,14-/m0/s1. The number of esters is 1. The maximum absolute atomic E-state index is 12.8. The lowest BCUT2D eigenvalue weighted by Gasteiger charge is -2.30. The van der Waals surface area contributed by atoms with Crippen molar-refractivity contribution < 1.29 is 33.4 Å². The molecule has 0 fully saturated rings. The topological polar surface area (TPSA) is 140 Å². The third-order valence-electron chi connectivity index (χ3n) is 3.80. The van der Waals surface area contributed by atoms with Crippen molar-refractivity contribution in [1.29, 1.82) is 0 Å². The van der Waals surface area contributed by atoms with Crippen LogP contribution >= 0.6 is 11.8 Å². The Morgan fingerprint density at radius 3 is 1.97 bits per heavy atom. The van der Waals surface area contributed by atoms with Crippen LogP contribution in [0.2, 0.25) is 0 Å². The van der Waals surface area contributed by atoms with Crippen LogP contribution in [-0.4, -0.2) is 65.1 Å². The number of carbonyl (C=O) groups excluding carboxylic acids is 5. The van der Waals surface area contributed by atoms with Crippen molar-refractivity contribution in [2.75, 3.05) is 13.7 Å². The predicted molar refractivity (Wildman–Crippen MR) is 117 cm³/mol. The molecule has 0 spiro atoms. The Hall–Kier alpha value is -2.30. The van der Waals surface area contributed by atoms with Gasteiger partial charge in [-0.1, -0.05) is 25.6 Å². The summed E-state index contributed by atoms with van der Waals surface area (Å²) < 4.78 is 9.78. The van der Waals surface area contributed by atoms with Gasteiger partial charge in [0.05, 0.1) is 18.9 Å². The summed E-state index contributed by atoms with van der Waals surface area (Å²) in [5, 5.41) is 6.60. The summed E-state index contributed by atoms with van der Waals surface area (Å²) in [6, 6.07) is -1.20. The van der Waals surface area contributed by atoms with Gasteiger partial charge in [0.2, 0.25) is 11.8 Å². The highest BCUT2D eigenvalue weighted by atomic mass is 32.2. The van der Waals surface area contributed by atoms with E-state index in [2.05, 4.69) is 20.7 Å². The average molecular weight is 462 g/mol. The van der Waals surface area contributed by atoms with E-state index in [9.17, 15) is 24.0 Å². The van der Waals surface area contributed by atoms with Crippen LogP contribution in [0.15, 0.2) is 0 Å². The van der Waals surface area contributed by atoms with Gasteiger partial charge < -0.3 is 25.4 Å². The first kappa shape index (κ1) is 28.7. The Morgan fingerprint density at radius 2 is 1.55 bits per heavy atom. The second-order valence-corrected chi connectivity index (χ2v) is 10.1. The minimum Gasteiger partial charge on any atom is -0.467 e. The molecule has 0 saturated carbocycles. The molecule has 0 saturated heterocycles. The SMILES string of the molecule is COC(=O)[C@H](CNC(=O)OC(C)(C)C)NC(=O)C(C)(C)NC(=O)[C@@H](SC(C)=O)C(C)C. The van der Waals surface area contributed by atoms with Crippen molar-refractivity contribution >= 4 is 40.8 Å². The number of hydrogen-bond acceptors (Lipinski definition) is 8.